The van der Waals surface area contributed by atoms with Crippen LogP contribution in [0.1, 0.15) is 30.6 Å². The predicted molar refractivity (Wildman–Crippen MR) is 73.9 cm³/mol. The minimum absolute atomic E-state index is 0.142. The Hall–Kier alpha value is -0.580. The molecule has 0 amide bonds. The van der Waals surface area contributed by atoms with Crippen LogP contribution in [0.4, 0.5) is 0 Å². The lowest BCUT2D eigenvalue weighted by molar-refractivity contribution is 0.0789. The minimum atomic E-state index is -0.540. The molecule has 0 spiro atoms. The summed E-state index contributed by atoms with van der Waals surface area (Å²) >= 11 is 3.50. The first-order valence-corrected chi connectivity index (χ1v) is 6.96. The molecule has 0 saturated carbocycles. The molecule has 1 aromatic carbocycles. The van der Waals surface area contributed by atoms with Crippen LogP contribution < -0.4 is 4.74 Å². The second kappa shape index (κ2) is 5.59. The summed E-state index contributed by atoms with van der Waals surface area (Å²) in [5.41, 5.74) is 1.93. The van der Waals surface area contributed by atoms with Crippen molar-refractivity contribution in [1.29, 1.82) is 0 Å². The van der Waals surface area contributed by atoms with Crippen LogP contribution in [0, 0.1) is 12.8 Å². The van der Waals surface area contributed by atoms with Crippen LogP contribution in [0.3, 0.4) is 0 Å². The molecular formula is C14H19BrO3. The van der Waals surface area contributed by atoms with Gasteiger partial charge in [0.2, 0.25) is 0 Å². The highest BCUT2D eigenvalue weighted by atomic mass is 79.9. The number of rotatable bonds is 3. The Labute approximate surface area is 116 Å². The Kier molecular flexibility index (Phi) is 4.30. The summed E-state index contributed by atoms with van der Waals surface area (Å²) in [6, 6.07) is 3.89. The summed E-state index contributed by atoms with van der Waals surface area (Å²) in [5, 5.41) is 10.5. The van der Waals surface area contributed by atoms with E-state index in [1.165, 1.54) is 0 Å². The van der Waals surface area contributed by atoms with Crippen molar-refractivity contribution in [2.45, 2.75) is 32.5 Å². The van der Waals surface area contributed by atoms with Gasteiger partial charge in [-0.05, 0) is 38.0 Å². The summed E-state index contributed by atoms with van der Waals surface area (Å²) < 4.78 is 11.9. The van der Waals surface area contributed by atoms with Gasteiger partial charge in [-0.25, -0.2) is 0 Å². The first kappa shape index (κ1) is 13.8. The molecule has 0 bridgehead atoms. The van der Waals surface area contributed by atoms with Crippen LogP contribution in [0.5, 0.6) is 5.75 Å². The molecule has 2 rings (SSSR count). The molecule has 18 heavy (non-hydrogen) atoms. The number of ether oxygens (including phenoxy) is 2. The second-order valence-electron chi connectivity index (χ2n) is 4.93. The number of aryl methyl sites for hydroxylation is 1. The molecule has 0 radical (unpaired) electrons. The molecule has 1 N–H and O–H groups in total. The van der Waals surface area contributed by atoms with Crippen molar-refractivity contribution in [2.24, 2.45) is 5.92 Å². The first-order valence-electron chi connectivity index (χ1n) is 6.16. The second-order valence-corrected chi connectivity index (χ2v) is 5.78. The summed E-state index contributed by atoms with van der Waals surface area (Å²) in [5.74, 6) is 0.881. The zero-order chi connectivity index (χ0) is 13.3. The maximum absolute atomic E-state index is 10.5. The van der Waals surface area contributed by atoms with Gasteiger partial charge in [0, 0.05) is 16.0 Å². The number of hydrogen-bond donors (Lipinski definition) is 1. The Balaban J connectivity index is 2.29. The average molecular weight is 315 g/mol. The van der Waals surface area contributed by atoms with Gasteiger partial charge in [0.1, 0.15) is 5.75 Å². The van der Waals surface area contributed by atoms with Gasteiger partial charge in [0.25, 0.3) is 0 Å². The van der Waals surface area contributed by atoms with Gasteiger partial charge >= 0.3 is 0 Å². The van der Waals surface area contributed by atoms with E-state index in [0.29, 0.717) is 6.61 Å². The number of aliphatic hydroxyl groups is 1. The molecule has 1 fully saturated rings. The zero-order valence-corrected chi connectivity index (χ0v) is 12.5. The first-order chi connectivity index (χ1) is 8.52. The van der Waals surface area contributed by atoms with E-state index in [1.54, 1.807) is 7.11 Å². The van der Waals surface area contributed by atoms with Crippen molar-refractivity contribution in [1.82, 2.24) is 0 Å². The molecule has 1 saturated heterocycles. The topological polar surface area (TPSA) is 38.7 Å². The maximum atomic E-state index is 10.5. The van der Waals surface area contributed by atoms with E-state index in [-0.39, 0.29) is 12.0 Å². The molecule has 1 aliphatic heterocycles. The molecule has 1 heterocycles. The van der Waals surface area contributed by atoms with Crippen molar-refractivity contribution >= 4 is 15.9 Å². The van der Waals surface area contributed by atoms with Crippen LogP contribution in [-0.2, 0) is 4.74 Å². The van der Waals surface area contributed by atoms with Gasteiger partial charge in [-0.3, -0.25) is 0 Å². The lowest BCUT2D eigenvalue weighted by Crippen LogP contribution is -2.14. The number of halogens is 1. The van der Waals surface area contributed by atoms with Crippen molar-refractivity contribution in [3.63, 3.8) is 0 Å². The van der Waals surface area contributed by atoms with Crippen molar-refractivity contribution in [3.8, 4) is 5.75 Å². The molecule has 0 aromatic heterocycles. The molecular weight excluding hydrogens is 296 g/mol. The Morgan fingerprint density at radius 3 is 2.78 bits per heavy atom. The van der Waals surface area contributed by atoms with E-state index in [9.17, 15) is 5.11 Å². The number of aliphatic hydroxyl groups excluding tert-OH is 1. The van der Waals surface area contributed by atoms with Gasteiger partial charge in [0.15, 0.2) is 0 Å². The van der Waals surface area contributed by atoms with Gasteiger partial charge in [-0.1, -0.05) is 15.9 Å². The molecule has 4 heteroatoms. The third-order valence-electron chi connectivity index (χ3n) is 3.51. The van der Waals surface area contributed by atoms with Gasteiger partial charge in [0.05, 0.1) is 25.9 Å². The fourth-order valence-electron chi connectivity index (χ4n) is 2.40. The molecule has 3 unspecified atom stereocenters. The lowest BCUT2D eigenvalue weighted by atomic mass is 9.92. The zero-order valence-electron chi connectivity index (χ0n) is 10.9. The molecule has 3 atom stereocenters. The van der Waals surface area contributed by atoms with Crippen LogP contribution in [0.25, 0.3) is 0 Å². The van der Waals surface area contributed by atoms with E-state index < -0.39 is 6.10 Å². The number of hydrogen-bond acceptors (Lipinski definition) is 3. The van der Waals surface area contributed by atoms with Crippen LogP contribution in [0.15, 0.2) is 16.6 Å². The molecule has 0 aliphatic carbocycles. The van der Waals surface area contributed by atoms with Crippen molar-refractivity contribution in [3.05, 3.63) is 27.7 Å². The van der Waals surface area contributed by atoms with E-state index in [1.807, 2.05) is 26.0 Å². The quantitative estimate of drug-likeness (QED) is 0.931. The van der Waals surface area contributed by atoms with Gasteiger partial charge in [-0.2, -0.15) is 0 Å². The average Bonchev–Trinajstić information content (AvgIpc) is 2.78. The van der Waals surface area contributed by atoms with Gasteiger partial charge in [-0.15, -0.1) is 0 Å². The normalized spacial score (nSPS) is 25.2. The highest BCUT2D eigenvalue weighted by Crippen LogP contribution is 2.38. The molecule has 1 aromatic rings. The summed E-state index contributed by atoms with van der Waals surface area (Å²) in [6.07, 6.45) is 0.571. The standard InChI is InChI=1S/C14H19BrO3/c1-8-4-13(17-3)11(6-12(8)15)14(16)10-5-9(2)18-7-10/h4,6,9-10,14,16H,5,7H2,1-3H3. The summed E-state index contributed by atoms with van der Waals surface area (Å²) in [6.45, 7) is 4.65. The van der Waals surface area contributed by atoms with E-state index in [0.717, 1.165) is 27.8 Å². The van der Waals surface area contributed by atoms with E-state index >= 15 is 0 Å². The minimum Gasteiger partial charge on any atom is -0.496 e. The van der Waals surface area contributed by atoms with Crippen molar-refractivity contribution in [2.75, 3.05) is 13.7 Å². The lowest BCUT2D eigenvalue weighted by Gasteiger charge is -2.20. The highest BCUT2D eigenvalue weighted by molar-refractivity contribution is 9.10. The largest absolute Gasteiger partial charge is 0.496 e. The smallest absolute Gasteiger partial charge is 0.125 e. The summed E-state index contributed by atoms with van der Waals surface area (Å²) in [7, 11) is 1.63. The molecule has 100 valence electrons. The SMILES string of the molecule is COc1cc(C)c(Br)cc1C(O)C1COC(C)C1. The Bertz CT molecular complexity index is 433. The fourth-order valence-corrected chi connectivity index (χ4v) is 2.76. The van der Waals surface area contributed by atoms with Gasteiger partial charge < -0.3 is 14.6 Å². The van der Waals surface area contributed by atoms with Crippen LogP contribution >= 0.6 is 15.9 Å². The van der Waals surface area contributed by atoms with E-state index in [2.05, 4.69) is 15.9 Å². The predicted octanol–water partition coefficient (Wildman–Crippen LogP) is 3.22. The molecule has 3 nitrogen and oxygen atoms in total. The van der Waals surface area contributed by atoms with Crippen molar-refractivity contribution < 1.29 is 14.6 Å². The molecule has 1 aliphatic rings. The Morgan fingerprint density at radius 1 is 1.50 bits per heavy atom. The Morgan fingerprint density at radius 2 is 2.22 bits per heavy atom. The number of methoxy groups -OCH3 is 1. The monoisotopic (exact) mass is 314 g/mol. The van der Waals surface area contributed by atoms with Crippen LogP contribution in [0.2, 0.25) is 0 Å². The maximum Gasteiger partial charge on any atom is 0.125 e. The third kappa shape index (κ3) is 2.71. The fraction of sp³-hybridized carbons (Fsp3) is 0.571. The number of benzene rings is 1. The van der Waals surface area contributed by atoms with Crippen LogP contribution in [-0.4, -0.2) is 24.9 Å². The van der Waals surface area contributed by atoms with E-state index in [4.69, 9.17) is 9.47 Å². The third-order valence-corrected chi connectivity index (χ3v) is 4.36. The summed E-state index contributed by atoms with van der Waals surface area (Å²) in [4.78, 5) is 0. The highest BCUT2D eigenvalue weighted by Gasteiger charge is 2.31.